The molecule has 3 aromatic heterocycles. The Morgan fingerprint density at radius 2 is 1.84 bits per heavy atom. The lowest BCUT2D eigenvalue weighted by Crippen LogP contribution is -2.24. The predicted molar refractivity (Wildman–Crippen MR) is 138 cm³/mol. The number of halogens is 4. The molecule has 1 aliphatic rings. The molecule has 0 spiro atoms. The van der Waals surface area contributed by atoms with E-state index in [2.05, 4.69) is 9.97 Å². The topological polar surface area (TPSA) is 90.9 Å². The molecule has 0 aliphatic heterocycles. The Morgan fingerprint density at radius 1 is 1.08 bits per heavy atom. The van der Waals surface area contributed by atoms with Gasteiger partial charge in [0.2, 0.25) is 0 Å². The molecule has 2 atom stereocenters. The molecule has 37 heavy (non-hydrogen) atoms. The number of primary amides is 1. The van der Waals surface area contributed by atoms with Crippen molar-refractivity contribution in [1.82, 2.24) is 14.5 Å². The monoisotopic (exact) mass is 540 g/mol. The number of pyridine rings is 3. The summed E-state index contributed by atoms with van der Waals surface area (Å²) in [7, 11) is 0. The molecule has 3 heterocycles. The number of rotatable bonds is 5. The number of amides is 1. The van der Waals surface area contributed by atoms with Gasteiger partial charge in [0.25, 0.3) is 11.5 Å². The first-order valence-electron chi connectivity index (χ1n) is 11.4. The second kappa shape index (κ2) is 9.36. The first kappa shape index (κ1) is 25.0. The minimum absolute atomic E-state index is 0.00148. The SMILES string of the molecule is Cc1cnc(-c2cccc(C(N)=O)c2F)c(F)c1-n1c(C)cc([C@H]2C[C@@H]2c2cncc(Cl)c2)c(Cl)c1=O. The van der Waals surface area contributed by atoms with Crippen LogP contribution >= 0.6 is 23.2 Å². The number of aromatic nitrogens is 3. The number of benzene rings is 1. The van der Waals surface area contributed by atoms with Gasteiger partial charge in [-0.1, -0.05) is 29.3 Å². The Bertz CT molecular complexity index is 1650. The number of carbonyl (C=O) groups excluding carboxylic acids is 1. The van der Waals surface area contributed by atoms with Gasteiger partial charge >= 0.3 is 0 Å². The molecule has 1 fully saturated rings. The van der Waals surface area contributed by atoms with E-state index in [1.54, 1.807) is 32.3 Å². The van der Waals surface area contributed by atoms with Crippen molar-refractivity contribution < 1.29 is 13.6 Å². The average molecular weight is 541 g/mol. The van der Waals surface area contributed by atoms with Crippen molar-refractivity contribution in [2.45, 2.75) is 32.1 Å². The molecule has 1 aliphatic carbocycles. The van der Waals surface area contributed by atoms with Crippen LogP contribution < -0.4 is 11.3 Å². The molecule has 0 radical (unpaired) electrons. The molecule has 5 rings (SSSR count). The quantitative estimate of drug-likeness (QED) is 0.343. The van der Waals surface area contributed by atoms with Crippen LogP contribution in [0.25, 0.3) is 16.9 Å². The summed E-state index contributed by atoms with van der Waals surface area (Å²) in [6.45, 7) is 3.26. The smallest absolute Gasteiger partial charge is 0.274 e. The zero-order valence-electron chi connectivity index (χ0n) is 19.7. The van der Waals surface area contributed by atoms with Gasteiger partial charge in [0, 0.05) is 29.8 Å². The Hall–Kier alpha value is -3.62. The Kier molecular flexibility index (Phi) is 6.33. The summed E-state index contributed by atoms with van der Waals surface area (Å²) < 4.78 is 32.1. The maximum absolute atomic E-state index is 15.9. The largest absolute Gasteiger partial charge is 0.366 e. The molecule has 1 aromatic carbocycles. The van der Waals surface area contributed by atoms with Crippen LogP contribution in [-0.4, -0.2) is 20.4 Å². The van der Waals surface area contributed by atoms with Crippen LogP contribution in [0.2, 0.25) is 10.0 Å². The van der Waals surface area contributed by atoms with Gasteiger partial charge < -0.3 is 5.73 Å². The van der Waals surface area contributed by atoms with Gasteiger partial charge in [-0.2, -0.15) is 0 Å². The van der Waals surface area contributed by atoms with Crippen molar-refractivity contribution in [1.29, 1.82) is 0 Å². The minimum Gasteiger partial charge on any atom is -0.366 e. The highest BCUT2D eigenvalue weighted by molar-refractivity contribution is 6.31. The van der Waals surface area contributed by atoms with Gasteiger partial charge in [-0.3, -0.25) is 24.1 Å². The van der Waals surface area contributed by atoms with Crippen molar-refractivity contribution in [2.75, 3.05) is 0 Å². The molecular formula is C27H20Cl2F2N4O2. The van der Waals surface area contributed by atoms with Gasteiger partial charge in [-0.25, -0.2) is 8.78 Å². The van der Waals surface area contributed by atoms with Gasteiger partial charge in [-0.15, -0.1) is 0 Å². The lowest BCUT2D eigenvalue weighted by atomic mass is 10.0. The zero-order chi connectivity index (χ0) is 26.6. The summed E-state index contributed by atoms with van der Waals surface area (Å²) in [5.41, 5.74) is 5.95. The number of nitrogens with two attached hydrogens (primary N) is 1. The summed E-state index contributed by atoms with van der Waals surface area (Å²) in [6.07, 6.45) is 5.40. The maximum atomic E-state index is 15.9. The molecule has 6 nitrogen and oxygen atoms in total. The third-order valence-electron chi connectivity index (χ3n) is 6.63. The molecule has 1 saturated carbocycles. The maximum Gasteiger partial charge on any atom is 0.274 e. The van der Waals surface area contributed by atoms with E-state index < -0.39 is 28.7 Å². The predicted octanol–water partition coefficient (Wildman–Crippen LogP) is 5.87. The number of carbonyl (C=O) groups is 1. The fraction of sp³-hybridized carbons (Fsp3) is 0.185. The highest BCUT2D eigenvalue weighted by atomic mass is 35.5. The van der Waals surface area contributed by atoms with E-state index in [0.29, 0.717) is 21.8 Å². The number of hydrogen-bond acceptors (Lipinski definition) is 4. The molecule has 10 heteroatoms. The minimum atomic E-state index is -0.996. The fourth-order valence-electron chi connectivity index (χ4n) is 4.75. The number of hydrogen-bond donors (Lipinski definition) is 1. The van der Waals surface area contributed by atoms with E-state index in [9.17, 15) is 14.0 Å². The van der Waals surface area contributed by atoms with Crippen molar-refractivity contribution in [3.63, 3.8) is 0 Å². The van der Waals surface area contributed by atoms with Crippen molar-refractivity contribution in [2.24, 2.45) is 5.73 Å². The fourth-order valence-corrected chi connectivity index (χ4v) is 5.21. The standard InChI is InChI=1S/C27H20Cl2F2N4O2/c1-12-9-34-24(16-4-3-5-17(22(16)30)26(32)36)23(31)25(12)35-13(2)6-20(21(29)27(35)37)19-8-18(19)14-7-15(28)11-33-10-14/h3-7,9-11,18-19H,8H2,1-2H3,(H2,32,36)/t18-,19+/m1/s1. The van der Waals surface area contributed by atoms with Crippen molar-refractivity contribution in [3.05, 3.63) is 109 Å². The van der Waals surface area contributed by atoms with Crippen LogP contribution in [0.3, 0.4) is 0 Å². The molecule has 0 saturated heterocycles. The van der Waals surface area contributed by atoms with Gasteiger partial charge in [0.1, 0.15) is 16.5 Å². The Morgan fingerprint density at radius 3 is 2.54 bits per heavy atom. The van der Waals surface area contributed by atoms with E-state index in [-0.39, 0.29) is 33.8 Å². The van der Waals surface area contributed by atoms with Crippen LogP contribution in [0.4, 0.5) is 8.78 Å². The summed E-state index contributed by atoms with van der Waals surface area (Å²) in [5, 5.41) is 0.505. The van der Waals surface area contributed by atoms with Crippen LogP contribution in [-0.2, 0) is 0 Å². The average Bonchev–Trinajstić information content (AvgIpc) is 3.65. The van der Waals surface area contributed by atoms with Crippen LogP contribution in [0, 0.1) is 25.5 Å². The van der Waals surface area contributed by atoms with Crippen molar-refractivity contribution in [3.8, 4) is 16.9 Å². The third kappa shape index (κ3) is 4.30. The second-order valence-corrected chi connectivity index (χ2v) is 9.88. The van der Waals surface area contributed by atoms with E-state index in [1.165, 1.54) is 24.4 Å². The Balaban J connectivity index is 1.61. The highest BCUT2D eigenvalue weighted by Gasteiger charge is 2.42. The second-order valence-electron chi connectivity index (χ2n) is 9.06. The molecule has 4 aromatic rings. The summed E-state index contributed by atoms with van der Waals surface area (Å²) in [5.74, 6) is -2.80. The van der Waals surface area contributed by atoms with Crippen LogP contribution in [0.15, 0.2) is 53.7 Å². The highest BCUT2D eigenvalue weighted by Crippen LogP contribution is 2.56. The first-order chi connectivity index (χ1) is 17.6. The first-order valence-corrected chi connectivity index (χ1v) is 12.1. The molecule has 0 unspecified atom stereocenters. The van der Waals surface area contributed by atoms with E-state index in [4.69, 9.17) is 28.9 Å². The normalized spacial score (nSPS) is 16.6. The molecule has 188 valence electrons. The zero-order valence-corrected chi connectivity index (χ0v) is 21.2. The van der Waals surface area contributed by atoms with Crippen LogP contribution in [0.1, 0.15) is 51.0 Å². The van der Waals surface area contributed by atoms with E-state index in [1.807, 2.05) is 6.07 Å². The van der Waals surface area contributed by atoms with E-state index in [0.717, 1.165) is 16.6 Å². The Labute approximate surface area is 220 Å². The van der Waals surface area contributed by atoms with Gasteiger partial charge in [0.15, 0.2) is 5.82 Å². The molecular weight excluding hydrogens is 521 g/mol. The van der Waals surface area contributed by atoms with Crippen LogP contribution in [0.5, 0.6) is 0 Å². The lowest BCUT2D eigenvalue weighted by Gasteiger charge is -2.18. The summed E-state index contributed by atoms with van der Waals surface area (Å²) in [6, 6.07) is 7.47. The lowest BCUT2D eigenvalue weighted by molar-refractivity contribution is 0.0996. The number of nitrogens with zero attached hydrogens (tertiary/aromatic N) is 3. The van der Waals surface area contributed by atoms with Gasteiger partial charge in [0.05, 0.1) is 16.3 Å². The number of aryl methyl sites for hydroxylation is 2. The van der Waals surface area contributed by atoms with Gasteiger partial charge in [-0.05, 0) is 73.1 Å². The summed E-state index contributed by atoms with van der Waals surface area (Å²) in [4.78, 5) is 33.2. The molecule has 0 bridgehead atoms. The third-order valence-corrected chi connectivity index (χ3v) is 7.21. The molecule has 1 amide bonds. The molecule has 2 N–H and O–H groups in total. The van der Waals surface area contributed by atoms with E-state index >= 15 is 4.39 Å². The summed E-state index contributed by atoms with van der Waals surface area (Å²) >= 11 is 12.6. The van der Waals surface area contributed by atoms with Crippen molar-refractivity contribution >= 4 is 29.1 Å².